The van der Waals surface area contributed by atoms with Gasteiger partial charge in [0, 0.05) is 22.7 Å². The second-order valence-corrected chi connectivity index (χ2v) is 8.10. The van der Waals surface area contributed by atoms with Gasteiger partial charge < -0.3 is 4.57 Å². The number of benzene rings is 1. The van der Waals surface area contributed by atoms with E-state index in [0.29, 0.717) is 16.7 Å². The van der Waals surface area contributed by atoms with E-state index in [0.717, 1.165) is 26.0 Å². The molecule has 0 atom stereocenters. The molecular weight excluding hydrogens is 373 g/mol. The number of thiophene rings is 1. The molecule has 0 fully saturated rings. The first-order valence-corrected chi connectivity index (χ1v) is 9.49. The average molecular weight is 386 g/mol. The van der Waals surface area contributed by atoms with Crippen molar-refractivity contribution in [1.29, 1.82) is 0 Å². The van der Waals surface area contributed by atoms with Crippen LogP contribution in [0.4, 0.5) is 5.95 Å². The number of nitrogens with one attached hydrogen (secondary N) is 1. The van der Waals surface area contributed by atoms with Gasteiger partial charge in [-0.05, 0) is 30.3 Å². The average Bonchev–Trinajstić information content (AvgIpc) is 3.03. The summed E-state index contributed by atoms with van der Waals surface area (Å²) in [6.07, 6.45) is 0. The Morgan fingerprint density at radius 3 is 2.91 bits per heavy atom. The molecule has 1 N–H and O–H groups in total. The van der Waals surface area contributed by atoms with Gasteiger partial charge in [0.05, 0.1) is 21.1 Å². The molecule has 3 rings (SSSR count). The van der Waals surface area contributed by atoms with E-state index in [-0.39, 0.29) is 5.91 Å². The summed E-state index contributed by atoms with van der Waals surface area (Å²) in [5.41, 5.74) is 1.68. The number of anilines is 1. The summed E-state index contributed by atoms with van der Waals surface area (Å²) >= 11 is 14.9. The fourth-order valence-electron chi connectivity index (χ4n) is 2.12. The lowest BCUT2D eigenvalue weighted by Gasteiger charge is -2.04. The maximum Gasteiger partial charge on any atom is 0.236 e. The van der Waals surface area contributed by atoms with Crippen LogP contribution in [0, 0.1) is 0 Å². The molecule has 0 aliphatic heterocycles. The van der Waals surface area contributed by atoms with Crippen LogP contribution in [-0.2, 0) is 17.6 Å². The number of thioether (sulfide) groups is 1. The fraction of sp³-hybridized carbons (Fsp3) is 0.200. The van der Waals surface area contributed by atoms with Crippen molar-refractivity contribution < 1.29 is 4.79 Å². The number of hydrogen-bond donors (Lipinski definition) is 1. The van der Waals surface area contributed by atoms with Gasteiger partial charge in [-0.1, -0.05) is 23.2 Å². The molecule has 0 radical (unpaired) electrons. The number of halogens is 2. The predicted octanol–water partition coefficient (Wildman–Crippen LogP) is 4.81. The van der Waals surface area contributed by atoms with E-state index in [1.807, 2.05) is 29.8 Å². The number of imidazole rings is 1. The van der Waals surface area contributed by atoms with E-state index in [1.54, 1.807) is 23.9 Å². The molecular formula is C15H13Cl2N3OS2. The van der Waals surface area contributed by atoms with Crippen molar-refractivity contribution in [3.05, 3.63) is 44.6 Å². The van der Waals surface area contributed by atoms with Gasteiger partial charge >= 0.3 is 0 Å². The molecule has 1 amide bonds. The lowest BCUT2D eigenvalue weighted by molar-refractivity contribution is -0.113. The van der Waals surface area contributed by atoms with Crippen LogP contribution >= 0.6 is 46.3 Å². The molecule has 0 unspecified atom stereocenters. The monoisotopic (exact) mass is 385 g/mol. The predicted molar refractivity (Wildman–Crippen MR) is 99.8 cm³/mol. The Hall–Kier alpha value is -1.21. The summed E-state index contributed by atoms with van der Waals surface area (Å²) in [7, 11) is 1.86. The van der Waals surface area contributed by atoms with Gasteiger partial charge in [-0.2, -0.15) is 0 Å². The summed E-state index contributed by atoms with van der Waals surface area (Å²) in [5.74, 6) is 1.57. The number of fused-ring (bicyclic) bond motifs is 1. The number of nitrogens with zero attached hydrogens (tertiary/aromatic N) is 2. The van der Waals surface area contributed by atoms with E-state index < -0.39 is 0 Å². The summed E-state index contributed by atoms with van der Waals surface area (Å²) in [6, 6.07) is 9.32. The highest BCUT2D eigenvalue weighted by Crippen LogP contribution is 2.25. The highest BCUT2D eigenvalue weighted by Gasteiger charge is 2.11. The second-order valence-electron chi connectivity index (χ2n) is 4.87. The molecule has 0 spiro atoms. The van der Waals surface area contributed by atoms with Gasteiger partial charge in [-0.3, -0.25) is 10.1 Å². The van der Waals surface area contributed by atoms with Gasteiger partial charge in [-0.15, -0.1) is 23.1 Å². The number of aryl methyl sites for hydroxylation is 1. The summed E-state index contributed by atoms with van der Waals surface area (Å²) < 4.78 is 2.61. The van der Waals surface area contributed by atoms with Gasteiger partial charge in [0.15, 0.2) is 0 Å². The Kier molecular flexibility index (Phi) is 5.16. The standard InChI is InChI=1S/C15H13Cl2N3OS2/c1-20-12-4-2-9(16)6-11(12)18-15(20)19-14(21)8-22-7-10-3-5-13(17)23-10/h2-6H,7-8H2,1H3,(H,18,19,21). The van der Waals surface area contributed by atoms with Crippen LogP contribution < -0.4 is 5.32 Å². The van der Waals surface area contributed by atoms with Crippen molar-refractivity contribution in [2.24, 2.45) is 7.05 Å². The molecule has 4 nitrogen and oxygen atoms in total. The SMILES string of the molecule is Cn1c(NC(=O)CSCc2ccc(Cl)s2)nc2cc(Cl)ccc21. The first kappa shape index (κ1) is 16.6. The van der Waals surface area contributed by atoms with Crippen LogP contribution in [0.5, 0.6) is 0 Å². The van der Waals surface area contributed by atoms with Gasteiger partial charge in [0.2, 0.25) is 11.9 Å². The third-order valence-corrected chi connectivity index (χ3v) is 5.83. The summed E-state index contributed by atoms with van der Waals surface area (Å²) in [5, 5.41) is 3.46. The van der Waals surface area contributed by atoms with Crippen LogP contribution in [0.15, 0.2) is 30.3 Å². The van der Waals surface area contributed by atoms with Gasteiger partial charge in [0.25, 0.3) is 0 Å². The molecule has 2 heterocycles. The van der Waals surface area contributed by atoms with Crippen molar-refractivity contribution in [2.45, 2.75) is 5.75 Å². The number of amides is 1. The zero-order valence-corrected chi connectivity index (χ0v) is 15.3. The highest BCUT2D eigenvalue weighted by molar-refractivity contribution is 7.99. The molecule has 120 valence electrons. The highest BCUT2D eigenvalue weighted by atomic mass is 35.5. The number of rotatable bonds is 5. The summed E-state index contributed by atoms with van der Waals surface area (Å²) in [6.45, 7) is 0. The quantitative estimate of drug-likeness (QED) is 0.684. The van der Waals surface area contributed by atoms with Gasteiger partial charge in [-0.25, -0.2) is 4.98 Å². The topological polar surface area (TPSA) is 46.9 Å². The largest absolute Gasteiger partial charge is 0.313 e. The molecule has 23 heavy (non-hydrogen) atoms. The Labute approximate surface area is 151 Å². The normalized spacial score (nSPS) is 11.1. The summed E-state index contributed by atoms with van der Waals surface area (Å²) in [4.78, 5) is 17.6. The number of aromatic nitrogens is 2. The lowest BCUT2D eigenvalue weighted by Crippen LogP contribution is -2.17. The Morgan fingerprint density at radius 2 is 2.17 bits per heavy atom. The number of carbonyl (C=O) groups is 1. The maximum atomic E-state index is 12.1. The van der Waals surface area contributed by atoms with E-state index in [2.05, 4.69) is 10.3 Å². The van der Waals surface area contributed by atoms with Crippen LogP contribution in [0.2, 0.25) is 9.36 Å². The lowest BCUT2D eigenvalue weighted by atomic mass is 10.3. The maximum absolute atomic E-state index is 12.1. The van der Waals surface area contributed by atoms with Crippen LogP contribution in [0.1, 0.15) is 4.88 Å². The van der Waals surface area contributed by atoms with Crippen molar-refractivity contribution in [2.75, 3.05) is 11.1 Å². The van der Waals surface area contributed by atoms with Crippen LogP contribution in [0.3, 0.4) is 0 Å². The van der Waals surface area contributed by atoms with Gasteiger partial charge in [0.1, 0.15) is 0 Å². The van der Waals surface area contributed by atoms with E-state index in [4.69, 9.17) is 23.2 Å². The molecule has 0 saturated carbocycles. The fourth-order valence-corrected chi connectivity index (χ4v) is 4.31. The molecule has 8 heteroatoms. The van der Waals surface area contributed by atoms with E-state index >= 15 is 0 Å². The molecule has 2 aromatic heterocycles. The van der Waals surface area contributed by atoms with E-state index in [9.17, 15) is 4.79 Å². The first-order chi connectivity index (χ1) is 11.0. The zero-order valence-electron chi connectivity index (χ0n) is 12.2. The Bertz CT molecular complexity index is 860. The molecule has 0 saturated heterocycles. The minimum absolute atomic E-state index is 0.0813. The molecule has 0 aliphatic carbocycles. The number of carbonyl (C=O) groups excluding carboxylic acids is 1. The molecule has 0 bridgehead atoms. The third kappa shape index (κ3) is 4.01. The zero-order chi connectivity index (χ0) is 16.4. The molecule has 1 aromatic carbocycles. The first-order valence-electron chi connectivity index (χ1n) is 6.77. The molecule has 3 aromatic rings. The number of hydrogen-bond acceptors (Lipinski definition) is 4. The second kappa shape index (κ2) is 7.13. The third-order valence-electron chi connectivity index (χ3n) is 3.20. The molecule has 0 aliphatic rings. The van der Waals surface area contributed by atoms with E-state index in [1.165, 1.54) is 11.3 Å². The van der Waals surface area contributed by atoms with Crippen molar-refractivity contribution >= 4 is 69.2 Å². The van der Waals surface area contributed by atoms with Crippen molar-refractivity contribution in [3.8, 4) is 0 Å². The van der Waals surface area contributed by atoms with Crippen molar-refractivity contribution in [1.82, 2.24) is 9.55 Å². The smallest absolute Gasteiger partial charge is 0.236 e. The minimum atomic E-state index is -0.0813. The van der Waals surface area contributed by atoms with Crippen molar-refractivity contribution in [3.63, 3.8) is 0 Å². The van der Waals surface area contributed by atoms with Crippen LogP contribution in [-0.4, -0.2) is 21.2 Å². The minimum Gasteiger partial charge on any atom is -0.313 e. The Morgan fingerprint density at radius 1 is 1.35 bits per heavy atom. The van der Waals surface area contributed by atoms with Crippen LogP contribution in [0.25, 0.3) is 11.0 Å². The Balaban J connectivity index is 1.60.